The number of methoxy groups -OCH3 is 1. The van der Waals surface area contributed by atoms with E-state index >= 15 is 0 Å². The summed E-state index contributed by atoms with van der Waals surface area (Å²) in [5.41, 5.74) is 0. The van der Waals surface area contributed by atoms with E-state index in [1.54, 1.807) is 12.0 Å². The first-order chi connectivity index (χ1) is 5.36. The lowest BCUT2D eigenvalue weighted by molar-refractivity contribution is -0.120. The average Bonchev–Trinajstić information content (AvgIpc) is 2.07. The Hall–Kier alpha value is -0.610. The third-order valence-electron chi connectivity index (χ3n) is 1.87. The first-order valence-corrected chi connectivity index (χ1v) is 3.77. The SMILES string of the molecule is COCN1CCN(C=O)CC1. The smallest absolute Gasteiger partial charge is 0.209 e. The fourth-order valence-electron chi connectivity index (χ4n) is 1.18. The second-order valence-corrected chi connectivity index (χ2v) is 2.68. The third kappa shape index (κ3) is 2.48. The van der Waals surface area contributed by atoms with Gasteiger partial charge >= 0.3 is 0 Å². The summed E-state index contributed by atoms with van der Waals surface area (Å²) in [6, 6.07) is 0. The van der Waals surface area contributed by atoms with Crippen LogP contribution >= 0.6 is 0 Å². The Morgan fingerprint density at radius 1 is 1.36 bits per heavy atom. The molecule has 0 bridgehead atoms. The van der Waals surface area contributed by atoms with E-state index in [-0.39, 0.29) is 0 Å². The maximum absolute atomic E-state index is 10.3. The Bertz CT molecular complexity index is 122. The molecule has 4 heteroatoms. The molecule has 1 amide bonds. The normalized spacial score (nSPS) is 20.3. The van der Waals surface area contributed by atoms with Crippen LogP contribution < -0.4 is 0 Å². The summed E-state index contributed by atoms with van der Waals surface area (Å²) >= 11 is 0. The van der Waals surface area contributed by atoms with Crippen molar-refractivity contribution in [2.24, 2.45) is 0 Å². The molecule has 0 radical (unpaired) electrons. The van der Waals surface area contributed by atoms with Crippen molar-refractivity contribution in [1.29, 1.82) is 0 Å². The third-order valence-corrected chi connectivity index (χ3v) is 1.87. The van der Waals surface area contributed by atoms with Crippen molar-refractivity contribution < 1.29 is 9.53 Å². The zero-order valence-corrected chi connectivity index (χ0v) is 6.82. The summed E-state index contributed by atoms with van der Waals surface area (Å²) in [5.74, 6) is 0. The second-order valence-electron chi connectivity index (χ2n) is 2.68. The van der Waals surface area contributed by atoms with Crippen molar-refractivity contribution in [3.63, 3.8) is 0 Å². The second kappa shape index (κ2) is 4.31. The molecule has 0 aromatic carbocycles. The highest BCUT2D eigenvalue weighted by atomic mass is 16.5. The number of piperazine rings is 1. The Kier molecular flexibility index (Phi) is 3.32. The highest BCUT2D eigenvalue weighted by Gasteiger charge is 2.13. The molecule has 11 heavy (non-hydrogen) atoms. The van der Waals surface area contributed by atoms with Crippen LogP contribution in [0.2, 0.25) is 0 Å². The predicted octanol–water partition coefficient (Wildman–Crippen LogP) is -0.636. The molecule has 0 saturated carbocycles. The zero-order valence-electron chi connectivity index (χ0n) is 6.82. The lowest BCUT2D eigenvalue weighted by atomic mass is 10.3. The summed E-state index contributed by atoms with van der Waals surface area (Å²) in [5, 5.41) is 0. The van der Waals surface area contributed by atoms with E-state index in [0.29, 0.717) is 6.73 Å². The van der Waals surface area contributed by atoms with E-state index < -0.39 is 0 Å². The van der Waals surface area contributed by atoms with Gasteiger partial charge in [0.15, 0.2) is 0 Å². The largest absolute Gasteiger partial charge is 0.369 e. The van der Waals surface area contributed by atoms with E-state index in [2.05, 4.69) is 4.90 Å². The minimum absolute atomic E-state index is 0.673. The minimum Gasteiger partial charge on any atom is -0.369 e. The van der Waals surface area contributed by atoms with Gasteiger partial charge in [0, 0.05) is 33.3 Å². The van der Waals surface area contributed by atoms with Crippen molar-refractivity contribution in [3.8, 4) is 0 Å². The van der Waals surface area contributed by atoms with Gasteiger partial charge in [-0.25, -0.2) is 0 Å². The van der Waals surface area contributed by atoms with E-state index in [0.717, 1.165) is 32.6 Å². The standard InChI is InChI=1S/C7H14N2O2/c1-11-7-9-4-2-8(6-10)3-5-9/h6H,2-5,7H2,1H3. The quantitative estimate of drug-likeness (QED) is 0.512. The van der Waals surface area contributed by atoms with Crippen LogP contribution in [0.25, 0.3) is 0 Å². The zero-order chi connectivity index (χ0) is 8.10. The molecule has 1 aliphatic heterocycles. The molecular formula is C7H14N2O2. The van der Waals surface area contributed by atoms with Crippen molar-refractivity contribution in [1.82, 2.24) is 9.80 Å². The molecule has 1 saturated heterocycles. The number of hydrogen-bond donors (Lipinski definition) is 0. The Labute approximate surface area is 66.7 Å². The maximum atomic E-state index is 10.3. The number of nitrogens with zero attached hydrogens (tertiary/aromatic N) is 2. The molecule has 1 aliphatic rings. The number of carbonyl (C=O) groups is 1. The number of hydrogen-bond acceptors (Lipinski definition) is 3. The van der Waals surface area contributed by atoms with Crippen molar-refractivity contribution >= 4 is 6.41 Å². The van der Waals surface area contributed by atoms with Crippen LogP contribution in [0.3, 0.4) is 0 Å². The Balaban J connectivity index is 2.18. The van der Waals surface area contributed by atoms with Crippen LogP contribution in [-0.2, 0) is 9.53 Å². The first-order valence-electron chi connectivity index (χ1n) is 3.77. The van der Waals surface area contributed by atoms with Crippen LogP contribution in [0.5, 0.6) is 0 Å². The number of carbonyl (C=O) groups excluding carboxylic acids is 1. The summed E-state index contributed by atoms with van der Waals surface area (Å²) in [6.07, 6.45) is 0.907. The Morgan fingerprint density at radius 3 is 2.45 bits per heavy atom. The highest BCUT2D eigenvalue weighted by molar-refractivity contribution is 5.47. The maximum Gasteiger partial charge on any atom is 0.209 e. The molecule has 64 valence electrons. The topological polar surface area (TPSA) is 32.8 Å². The van der Waals surface area contributed by atoms with Gasteiger partial charge < -0.3 is 9.64 Å². The van der Waals surface area contributed by atoms with Gasteiger partial charge in [-0.1, -0.05) is 0 Å². The molecule has 0 atom stereocenters. The summed E-state index contributed by atoms with van der Waals surface area (Å²) in [7, 11) is 1.69. The number of ether oxygens (including phenoxy) is 1. The van der Waals surface area contributed by atoms with Gasteiger partial charge in [-0.3, -0.25) is 9.69 Å². The predicted molar refractivity (Wildman–Crippen MR) is 41.1 cm³/mol. The lowest BCUT2D eigenvalue weighted by Crippen LogP contribution is -2.46. The molecule has 1 rings (SSSR count). The molecule has 0 aromatic rings. The fraction of sp³-hybridized carbons (Fsp3) is 0.857. The summed E-state index contributed by atoms with van der Waals surface area (Å²) < 4.78 is 4.97. The van der Waals surface area contributed by atoms with Gasteiger partial charge in [-0.15, -0.1) is 0 Å². The minimum atomic E-state index is 0.673. The van der Waals surface area contributed by atoms with Gasteiger partial charge in [0.05, 0.1) is 6.73 Å². The van der Waals surface area contributed by atoms with Crippen LogP contribution in [0, 0.1) is 0 Å². The molecule has 0 N–H and O–H groups in total. The van der Waals surface area contributed by atoms with Crippen LogP contribution in [0.1, 0.15) is 0 Å². The van der Waals surface area contributed by atoms with E-state index in [1.165, 1.54) is 0 Å². The molecule has 0 unspecified atom stereocenters. The molecular weight excluding hydrogens is 144 g/mol. The van der Waals surface area contributed by atoms with E-state index in [1.807, 2.05) is 0 Å². The summed E-state index contributed by atoms with van der Waals surface area (Å²) in [6.45, 7) is 4.17. The highest BCUT2D eigenvalue weighted by Crippen LogP contribution is 1.97. The van der Waals surface area contributed by atoms with Gasteiger partial charge in [-0.2, -0.15) is 0 Å². The fourth-order valence-corrected chi connectivity index (χ4v) is 1.18. The van der Waals surface area contributed by atoms with Gasteiger partial charge in [0.25, 0.3) is 0 Å². The lowest BCUT2D eigenvalue weighted by Gasteiger charge is -2.31. The first kappa shape index (κ1) is 8.49. The van der Waals surface area contributed by atoms with Crippen LogP contribution in [-0.4, -0.2) is 56.2 Å². The van der Waals surface area contributed by atoms with Crippen molar-refractivity contribution in [2.75, 3.05) is 40.0 Å². The summed E-state index contributed by atoms with van der Waals surface area (Å²) in [4.78, 5) is 14.3. The van der Waals surface area contributed by atoms with Crippen molar-refractivity contribution in [3.05, 3.63) is 0 Å². The molecule has 1 fully saturated rings. The number of rotatable bonds is 3. The average molecular weight is 158 g/mol. The number of amides is 1. The molecule has 0 aromatic heterocycles. The monoisotopic (exact) mass is 158 g/mol. The van der Waals surface area contributed by atoms with E-state index in [9.17, 15) is 4.79 Å². The van der Waals surface area contributed by atoms with Gasteiger partial charge in [0.2, 0.25) is 6.41 Å². The van der Waals surface area contributed by atoms with Crippen LogP contribution in [0.15, 0.2) is 0 Å². The molecule has 0 spiro atoms. The van der Waals surface area contributed by atoms with Gasteiger partial charge in [-0.05, 0) is 0 Å². The molecule has 4 nitrogen and oxygen atoms in total. The van der Waals surface area contributed by atoms with E-state index in [4.69, 9.17) is 4.74 Å². The van der Waals surface area contributed by atoms with Crippen molar-refractivity contribution in [2.45, 2.75) is 0 Å². The van der Waals surface area contributed by atoms with Crippen LogP contribution in [0.4, 0.5) is 0 Å². The Morgan fingerprint density at radius 2 is 2.00 bits per heavy atom. The molecule has 0 aliphatic carbocycles. The van der Waals surface area contributed by atoms with Gasteiger partial charge in [0.1, 0.15) is 0 Å². The molecule has 1 heterocycles.